The van der Waals surface area contributed by atoms with Gasteiger partial charge in [-0.3, -0.25) is 9.97 Å². The molecule has 0 N–H and O–H groups in total. The summed E-state index contributed by atoms with van der Waals surface area (Å²) in [7, 11) is 0. The molecule has 0 radical (unpaired) electrons. The highest BCUT2D eigenvalue weighted by molar-refractivity contribution is 5.63. The van der Waals surface area contributed by atoms with Crippen LogP contribution in [0.3, 0.4) is 0 Å². The monoisotopic (exact) mass is 290 g/mol. The number of aromatic nitrogens is 2. The quantitative estimate of drug-likeness (QED) is 0.784. The van der Waals surface area contributed by atoms with Gasteiger partial charge in [0, 0.05) is 30.1 Å². The summed E-state index contributed by atoms with van der Waals surface area (Å²) in [5.41, 5.74) is 3.72. The van der Waals surface area contributed by atoms with Crippen LogP contribution in [0.2, 0.25) is 0 Å². The molecule has 2 heterocycles. The average molecular weight is 290 g/mol. The summed E-state index contributed by atoms with van der Waals surface area (Å²) in [5, 5.41) is 0. The largest absolute Gasteiger partial charge is 0.489 e. The molecule has 5 heteroatoms. The van der Waals surface area contributed by atoms with E-state index in [1.54, 1.807) is 18.6 Å². The molecular formula is C16H19FN2O2. The van der Waals surface area contributed by atoms with Crippen molar-refractivity contribution in [2.75, 3.05) is 19.9 Å². The third kappa shape index (κ3) is 4.23. The van der Waals surface area contributed by atoms with Gasteiger partial charge in [-0.1, -0.05) is 6.07 Å². The van der Waals surface area contributed by atoms with Crippen LogP contribution < -0.4 is 4.74 Å². The van der Waals surface area contributed by atoms with Crippen molar-refractivity contribution in [3.8, 4) is 17.0 Å². The fraction of sp³-hybridized carbons (Fsp3) is 0.375. The molecule has 21 heavy (non-hydrogen) atoms. The number of rotatable bonds is 7. The first-order valence-electron chi connectivity index (χ1n) is 6.92. The molecule has 0 aliphatic rings. The van der Waals surface area contributed by atoms with Crippen molar-refractivity contribution in [3.63, 3.8) is 0 Å². The predicted molar refractivity (Wildman–Crippen MR) is 79.0 cm³/mol. The lowest BCUT2D eigenvalue weighted by Crippen LogP contribution is -2.01. The van der Waals surface area contributed by atoms with Gasteiger partial charge < -0.3 is 9.47 Å². The molecule has 0 fully saturated rings. The van der Waals surface area contributed by atoms with Gasteiger partial charge in [0.2, 0.25) is 0 Å². The number of halogens is 1. The van der Waals surface area contributed by atoms with Crippen molar-refractivity contribution >= 4 is 0 Å². The minimum Gasteiger partial charge on any atom is -0.489 e. The lowest BCUT2D eigenvalue weighted by molar-refractivity contribution is 0.134. The molecule has 2 aromatic rings. The number of hydrogen-bond donors (Lipinski definition) is 0. The van der Waals surface area contributed by atoms with Crippen LogP contribution in [0.1, 0.15) is 18.1 Å². The van der Waals surface area contributed by atoms with E-state index < -0.39 is 6.67 Å². The molecule has 0 bridgehead atoms. The first kappa shape index (κ1) is 15.4. The van der Waals surface area contributed by atoms with Crippen molar-refractivity contribution in [2.24, 2.45) is 0 Å². The van der Waals surface area contributed by atoms with E-state index in [1.165, 1.54) is 0 Å². The van der Waals surface area contributed by atoms with Crippen LogP contribution in [-0.2, 0) is 11.3 Å². The highest BCUT2D eigenvalue weighted by Crippen LogP contribution is 2.25. The molecule has 2 rings (SSSR count). The molecule has 0 amide bonds. The maximum Gasteiger partial charge on any atom is 0.138 e. The third-order valence-corrected chi connectivity index (χ3v) is 2.90. The second kappa shape index (κ2) is 7.69. The molecule has 0 saturated carbocycles. The van der Waals surface area contributed by atoms with Crippen molar-refractivity contribution in [1.82, 2.24) is 9.97 Å². The molecule has 4 nitrogen and oxygen atoms in total. The Labute approximate surface area is 124 Å². The van der Waals surface area contributed by atoms with Crippen molar-refractivity contribution in [3.05, 3.63) is 41.9 Å². The number of alkyl halides is 1. The third-order valence-electron chi connectivity index (χ3n) is 2.90. The second-order valence-corrected chi connectivity index (χ2v) is 4.60. The average Bonchev–Trinajstić information content (AvgIpc) is 2.51. The summed E-state index contributed by atoms with van der Waals surface area (Å²) in [6, 6.07) is 3.86. The Bertz CT molecular complexity index is 590. The number of hydrogen-bond acceptors (Lipinski definition) is 4. The van der Waals surface area contributed by atoms with Crippen LogP contribution in [0.5, 0.6) is 5.75 Å². The van der Waals surface area contributed by atoms with Crippen molar-refractivity contribution < 1.29 is 13.9 Å². The second-order valence-electron chi connectivity index (χ2n) is 4.60. The van der Waals surface area contributed by atoms with Crippen LogP contribution in [0.15, 0.2) is 30.7 Å². The standard InChI is InChI=1S/C16H19FN2O2/c1-3-20-11-14-6-12(2)8-19-16(14)13-7-15(10-18-9-13)21-5-4-17/h6-10H,3-5,11H2,1-2H3. The van der Waals surface area contributed by atoms with E-state index in [-0.39, 0.29) is 6.61 Å². The van der Waals surface area contributed by atoms with Gasteiger partial charge in [0.25, 0.3) is 0 Å². The summed E-state index contributed by atoms with van der Waals surface area (Å²) < 4.78 is 22.9. The normalized spacial score (nSPS) is 10.6. The molecule has 0 unspecified atom stereocenters. The van der Waals surface area contributed by atoms with Crippen LogP contribution in [0, 0.1) is 6.92 Å². The molecule has 0 spiro atoms. The summed E-state index contributed by atoms with van der Waals surface area (Å²) in [6.07, 6.45) is 5.09. The zero-order valence-corrected chi connectivity index (χ0v) is 12.3. The van der Waals surface area contributed by atoms with Gasteiger partial charge in [0.05, 0.1) is 18.5 Å². The zero-order valence-electron chi connectivity index (χ0n) is 12.3. The van der Waals surface area contributed by atoms with Gasteiger partial charge in [0.1, 0.15) is 19.0 Å². The molecule has 0 aliphatic carbocycles. The van der Waals surface area contributed by atoms with E-state index in [4.69, 9.17) is 9.47 Å². The maximum absolute atomic E-state index is 12.2. The predicted octanol–water partition coefficient (Wildman–Crippen LogP) is 3.34. The van der Waals surface area contributed by atoms with Gasteiger partial charge in [-0.2, -0.15) is 0 Å². The SMILES string of the molecule is CCOCc1cc(C)cnc1-c1cncc(OCCF)c1. The summed E-state index contributed by atoms with van der Waals surface area (Å²) in [6.45, 7) is 4.59. The van der Waals surface area contributed by atoms with Crippen molar-refractivity contribution in [1.29, 1.82) is 0 Å². The highest BCUT2D eigenvalue weighted by atomic mass is 19.1. The van der Waals surface area contributed by atoms with Gasteiger partial charge in [-0.05, 0) is 25.5 Å². The van der Waals surface area contributed by atoms with Crippen LogP contribution in [-0.4, -0.2) is 29.9 Å². The van der Waals surface area contributed by atoms with E-state index in [1.807, 2.05) is 26.0 Å². The summed E-state index contributed by atoms with van der Waals surface area (Å²) in [5.74, 6) is 0.537. The fourth-order valence-corrected chi connectivity index (χ4v) is 2.00. The lowest BCUT2D eigenvalue weighted by atomic mass is 10.1. The first-order valence-corrected chi connectivity index (χ1v) is 6.92. The fourth-order valence-electron chi connectivity index (χ4n) is 2.00. The molecule has 0 atom stereocenters. The maximum atomic E-state index is 12.2. The van der Waals surface area contributed by atoms with Gasteiger partial charge in [0.15, 0.2) is 0 Å². The topological polar surface area (TPSA) is 44.2 Å². The smallest absolute Gasteiger partial charge is 0.138 e. The van der Waals surface area contributed by atoms with Crippen LogP contribution in [0.4, 0.5) is 4.39 Å². The lowest BCUT2D eigenvalue weighted by Gasteiger charge is -2.11. The Hall–Kier alpha value is -2.01. The summed E-state index contributed by atoms with van der Waals surface area (Å²) in [4.78, 5) is 8.60. The number of pyridine rings is 2. The van der Waals surface area contributed by atoms with E-state index >= 15 is 0 Å². The molecule has 0 aliphatic heterocycles. The van der Waals surface area contributed by atoms with E-state index in [0.29, 0.717) is 19.0 Å². The first-order chi connectivity index (χ1) is 10.2. The highest BCUT2D eigenvalue weighted by Gasteiger charge is 2.09. The molecule has 2 aromatic heterocycles. The van der Waals surface area contributed by atoms with E-state index in [9.17, 15) is 4.39 Å². The molecular weight excluding hydrogens is 271 g/mol. The minimum atomic E-state index is -0.525. The van der Waals surface area contributed by atoms with Crippen LogP contribution >= 0.6 is 0 Å². The Kier molecular flexibility index (Phi) is 5.63. The van der Waals surface area contributed by atoms with Crippen molar-refractivity contribution in [2.45, 2.75) is 20.5 Å². The van der Waals surface area contributed by atoms with Gasteiger partial charge >= 0.3 is 0 Å². The Morgan fingerprint density at radius 1 is 1.19 bits per heavy atom. The van der Waals surface area contributed by atoms with Gasteiger partial charge in [-0.15, -0.1) is 0 Å². The van der Waals surface area contributed by atoms with Gasteiger partial charge in [-0.25, -0.2) is 4.39 Å². The van der Waals surface area contributed by atoms with E-state index in [2.05, 4.69) is 9.97 Å². The number of nitrogens with zero attached hydrogens (tertiary/aromatic N) is 2. The number of ether oxygens (including phenoxy) is 2. The molecule has 0 aromatic carbocycles. The Balaban J connectivity index is 2.31. The Morgan fingerprint density at radius 2 is 2.05 bits per heavy atom. The summed E-state index contributed by atoms with van der Waals surface area (Å²) >= 11 is 0. The molecule has 0 saturated heterocycles. The van der Waals surface area contributed by atoms with Crippen LogP contribution in [0.25, 0.3) is 11.3 Å². The zero-order chi connectivity index (χ0) is 15.1. The minimum absolute atomic E-state index is 0.0261. The van der Waals surface area contributed by atoms with E-state index in [0.717, 1.165) is 22.4 Å². The Morgan fingerprint density at radius 3 is 2.81 bits per heavy atom. The number of aryl methyl sites for hydroxylation is 1. The molecule has 112 valence electrons.